The molecule has 2 heterocycles. The molecule has 2 aromatic rings. The van der Waals surface area contributed by atoms with Gasteiger partial charge in [0.25, 0.3) is 0 Å². The van der Waals surface area contributed by atoms with Gasteiger partial charge in [-0.25, -0.2) is 0 Å². The predicted molar refractivity (Wildman–Crippen MR) is 137 cm³/mol. The van der Waals surface area contributed by atoms with Gasteiger partial charge in [-0.1, -0.05) is 35.9 Å². The highest BCUT2D eigenvalue weighted by molar-refractivity contribution is 5.97. The van der Waals surface area contributed by atoms with Crippen LogP contribution in [0.3, 0.4) is 0 Å². The molecule has 7 heteroatoms. The highest BCUT2D eigenvalue weighted by Gasteiger charge is 2.43. The van der Waals surface area contributed by atoms with Crippen LogP contribution >= 0.6 is 0 Å². The number of methoxy groups -OCH3 is 1. The van der Waals surface area contributed by atoms with Gasteiger partial charge in [0, 0.05) is 42.8 Å². The van der Waals surface area contributed by atoms with E-state index in [0.717, 1.165) is 29.9 Å². The zero-order chi connectivity index (χ0) is 25.0. The van der Waals surface area contributed by atoms with Crippen molar-refractivity contribution in [2.75, 3.05) is 44.9 Å². The number of ether oxygens (including phenoxy) is 2. The maximum absolute atomic E-state index is 13.7. The fraction of sp³-hybridized carbons (Fsp3) is 0.500. The lowest BCUT2D eigenvalue weighted by molar-refractivity contribution is -0.130. The van der Waals surface area contributed by atoms with Crippen LogP contribution < -0.4 is 15.0 Å². The monoisotopic (exact) mass is 479 g/mol. The van der Waals surface area contributed by atoms with E-state index in [1.54, 1.807) is 12.0 Å². The molecule has 0 bridgehead atoms. The summed E-state index contributed by atoms with van der Waals surface area (Å²) in [5, 5.41) is 3.22. The number of nitrogens with zero attached hydrogens (tertiary/aromatic N) is 2. The van der Waals surface area contributed by atoms with E-state index < -0.39 is 12.0 Å². The van der Waals surface area contributed by atoms with E-state index in [1.165, 1.54) is 0 Å². The Kier molecular flexibility index (Phi) is 7.77. The molecule has 2 fully saturated rings. The van der Waals surface area contributed by atoms with Crippen LogP contribution in [0.2, 0.25) is 0 Å². The summed E-state index contributed by atoms with van der Waals surface area (Å²) in [6.45, 7) is 9.98. The number of carbonyl (C=O) groups is 2. The number of rotatable bonds is 7. The fourth-order valence-corrected chi connectivity index (χ4v) is 5.16. The predicted octanol–water partition coefficient (Wildman–Crippen LogP) is 3.71. The average Bonchev–Trinajstić information content (AvgIpc) is 2.88. The van der Waals surface area contributed by atoms with Crippen molar-refractivity contribution in [1.82, 2.24) is 10.2 Å². The SMILES string of the molecule is COc1ccccc1C1C(C(=O)NCC(C)(C)N2CCOCC2)CCC(=O)N1c1ccc(C)cc1. The second-order valence-electron chi connectivity index (χ2n) is 10.1. The number of para-hydroxylation sites is 1. The third-order valence-electron chi connectivity index (χ3n) is 7.27. The van der Waals surface area contributed by atoms with Crippen molar-refractivity contribution in [3.63, 3.8) is 0 Å². The fourth-order valence-electron chi connectivity index (χ4n) is 5.16. The Bertz CT molecular complexity index is 1030. The van der Waals surface area contributed by atoms with Crippen molar-refractivity contribution < 1.29 is 19.1 Å². The lowest BCUT2D eigenvalue weighted by Crippen LogP contribution is -2.56. The first-order valence-electron chi connectivity index (χ1n) is 12.4. The van der Waals surface area contributed by atoms with Gasteiger partial charge < -0.3 is 19.7 Å². The van der Waals surface area contributed by atoms with Crippen molar-refractivity contribution in [2.24, 2.45) is 5.92 Å². The minimum atomic E-state index is -0.457. The summed E-state index contributed by atoms with van der Waals surface area (Å²) in [5.41, 5.74) is 2.56. The normalized spacial score (nSPS) is 21.6. The molecule has 0 aliphatic carbocycles. The van der Waals surface area contributed by atoms with E-state index in [4.69, 9.17) is 9.47 Å². The molecule has 2 amide bonds. The molecular weight excluding hydrogens is 442 g/mol. The van der Waals surface area contributed by atoms with E-state index in [9.17, 15) is 9.59 Å². The summed E-state index contributed by atoms with van der Waals surface area (Å²) in [5.74, 6) is 0.260. The number of hydrogen-bond donors (Lipinski definition) is 1. The molecule has 35 heavy (non-hydrogen) atoms. The zero-order valence-corrected chi connectivity index (χ0v) is 21.3. The van der Waals surface area contributed by atoms with Crippen molar-refractivity contribution in [2.45, 2.75) is 45.2 Å². The van der Waals surface area contributed by atoms with Crippen LogP contribution in [0, 0.1) is 12.8 Å². The first-order valence-corrected chi connectivity index (χ1v) is 12.4. The summed E-state index contributed by atoms with van der Waals surface area (Å²) < 4.78 is 11.2. The second-order valence-corrected chi connectivity index (χ2v) is 10.1. The van der Waals surface area contributed by atoms with Crippen molar-refractivity contribution in [3.05, 3.63) is 59.7 Å². The zero-order valence-electron chi connectivity index (χ0n) is 21.3. The van der Waals surface area contributed by atoms with Crippen molar-refractivity contribution in [1.29, 1.82) is 0 Å². The van der Waals surface area contributed by atoms with Gasteiger partial charge in [0.15, 0.2) is 0 Å². The summed E-state index contributed by atoms with van der Waals surface area (Å²) in [4.78, 5) is 31.2. The van der Waals surface area contributed by atoms with Crippen LogP contribution in [0.15, 0.2) is 48.5 Å². The second kappa shape index (κ2) is 10.8. The van der Waals surface area contributed by atoms with Gasteiger partial charge >= 0.3 is 0 Å². The molecule has 0 saturated carbocycles. The highest BCUT2D eigenvalue weighted by Crippen LogP contribution is 2.43. The summed E-state index contributed by atoms with van der Waals surface area (Å²) in [6, 6.07) is 15.1. The third-order valence-corrected chi connectivity index (χ3v) is 7.27. The Balaban J connectivity index is 1.64. The van der Waals surface area contributed by atoms with Gasteiger partial charge in [-0.2, -0.15) is 0 Å². The molecule has 2 unspecified atom stereocenters. The molecule has 2 aromatic carbocycles. The molecule has 0 aromatic heterocycles. The first kappa shape index (κ1) is 25.2. The molecular formula is C28H37N3O4. The number of benzene rings is 2. The van der Waals surface area contributed by atoms with Gasteiger partial charge in [-0.15, -0.1) is 0 Å². The average molecular weight is 480 g/mol. The minimum absolute atomic E-state index is 0.0162. The highest BCUT2D eigenvalue weighted by atomic mass is 16.5. The Morgan fingerprint density at radius 1 is 1.11 bits per heavy atom. The Hall–Kier alpha value is -2.90. The van der Waals surface area contributed by atoms with Crippen molar-refractivity contribution in [3.8, 4) is 5.75 Å². The number of carbonyl (C=O) groups excluding carboxylic acids is 2. The van der Waals surface area contributed by atoms with Gasteiger partial charge in [0.05, 0.1) is 32.3 Å². The van der Waals surface area contributed by atoms with E-state index in [-0.39, 0.29) is 17.4 Å². The smallest absolute Gasteiger partial charge is 0.227 e. The summed E-state index contributed by atoms with van der Waals surface area (Å²) >= 11 is 0. The minimum Gasteiger partial charge on any atom is -0.496 e. The molecule has 4 rings (SSSR count). The molecule has 7 nitrogen and oxygen atoms in total. The third kappa shape index (κ3) is 5.52. The molecule has 1 N–H and O–H groups in total. The number of amides is 2. The number of anilines is 1. The summed E-state index contributed by atoms with van der Waals surface area (Å²) in [7, 11) is 1.62. The quantitative estimate of drug-likeness (QED) is 0.656. The first-order chi connectivity index (χ1) is 16.8. The topological polar surface area (TPSA) is 71.1 Å². The maximum atomic E-state index is 13.7. The van der Waals surface area contributed by atoms with Gasteiger partial charge in [-0.3, -0.25) is 14.5 Å². The Labute approximate surface area is 208 Å². The molecule has 0 spiro atoms. The number of morpholine rings is 1. The number of hydrogen-bond acceptors (Lipinski definition) is 5. The summed E-state index contributed by atoms with van der Waals surface area (Å²) in [6.07, 6.45) is 0.818. The Morgan fingerprint density at radius 3 is 2.49 bits per heavy atom. The molecule has 2 saturated heterocycles. The van der Waals surface area contributed by atoms with E-state index in [0.29, 0.717) is 38.3 Å². The number of aryl methyl sites for hydroxylation is 1. The van der Waals surface area contributed by atoms with Crippen LogP contribution in [-0.4, -0.2) is 62.2 Å². The standard InChI is InChI=1S/C28H37N3O4/c1-20-9-11-21(12-10-20)31-25(32)14-13-23(26(31)22-7-5-6-8-24(22)34-4)27(33)29-19-28(2,3)30-15-17-35-18-16-30/h5-12,23,26H,13-19H2,1-4H3,(H,29,33). The largest absolute Gasteiger partial charge is 0.496 e. The van der Waals surface area contributed by atoms with Crippen molar-refractivity contribution >= 4 is 17.5 Å². The van der Waals surface area contributed by atoms with Crippen LogP contribution in [0.5, 0.6) is 5.75 Å². The van der Waals surface area contributed by atoms with E-state index in [2.05, 4.69) is 24.1 Å². The van der Waals surface area contributed by atoms with Crippen LogP contribution in [0.4, 0.5) is 5.69 Å². The number of piperidine rings is 1. The van der Waals surface area contributed by atoms with E-state index >= 15 is 0 Å². The number of nitrogens with one attached hydrogen (secondary N) is 1. The maximum Gasteiger partial charge on any atom is 0.227 e. The van der Waals surface area contributed by atoms with Gasteiger partial charge in [-0.05, 0) is 45.4 Å². The molecule has 2 aliphatic heterocycles. The molecule has 0 radical (unpaired) electrons. The lowest BCUT2D eigenvalue weighted by Gasteiger charge is -2.43. The van der Waals surface area contributed by atoms with Gasteiger partial charge in [0.2, 0.25) is 11.8 Å². The Morgan fingerprint density at radius 2 is 1.80 bits per heavy atom. The molecule has 2 aliphatic rings. The lowest BCUT2D eigenvalue weighted by atomic mass is 9.82. The molecule has 188 valence electrons. The van der Waals surface area contributed by atoms with E-state index in [1.807, 2.05) is 55.5 Å². The molecule has 2 atom stereocenters. The van der Waals surface area contributed by atoms with Crippen LogP contribution in [0.25, 0.3) is 0 Å². The van der Waals surface area contributed by atoms with Crippen LogP contribution in [0.1, 0.15) is 43.9 Å². The van der Waals surface area contributed by atoms with Crippen LogP contribution in [-0.2, 0) is 14.3 Å². The van der Waals surface area contributed by atoms with Gasteiger partial charge in [0.1, 0.15) is 5.75 Å².